The van der Waals surface area contributed by atoms with Crippen molar-refractivity contribution in [1.82, 2.24) is 4.72 Å². The fourth-order valence-corrected chi connectivity index (χ4v) is 4.10. The van der Waals surface area contributed by atoms with E-state index in [1.165, 1.54) is 0 Å². The summed E-state index contributed by atoms with van der Waals surface area (Å²) in [6, 6.07) is 4.82. The maximum absolute atomic E-state index is 12.4. The molecule has 1 aromatic carbocycles. The van der Waals surface area contributed by atoms with Gasteiger partial charge < -0.3 is 5.32 Å². The van der Waals surface area contributed by atoms with Crippen molar-refractivity contribution in [2.24, 2.45) is 5.92 Å². The molecule has 8 heteroatoms. The Morgan fingerprint density at radius 2 is 1.79 bits per heavy atom. The molecule has 0 aliphatic heterocycles. The minimum Gasteiger partial charge on any atom is -0.325 e. The lowest BCUT2D eigenvalue weighted by Crippen LogP contribution is -2.42. The molecule has 0 unspecified atom stereocenters. The van der Waals surface area contributed by atoms with Gasteiger partial charge in [-0.1, -0.05) is 23.2 Å². The van der Waals surface area contributed by atoms with Gasteiger partial charge in [0.15, 0.2) is 0 Å². The highest BCUT2D eigenvalue weighted by Crippen LogP contribution is 2.29. The van der Waals surface area contributed by atoms with E-state index in [1.54, 1.807) is 32.0 Å². The zero-order chi connectivity index (χ0) is 17.9. The van der Waals surface area contributed by atoms with Crippen molar-refractivity contribution in [3.05, 3.63) is 28.2 Å². The van der Waals surface area contributed by atoms with E-state index in [1.807, 2.05) is 0 Å². The minimum absolute atomic E-state index is 0.0932. The van der Waals surface area contributed by atoms with Gasteiger partial charge in [0.05, 0.1) is 16.0 Å². The molecule has 0 bridgehead atoms. The number of hydrogen-bond acceptors (Lipinski definition) is 3. The monoisotopic (exact) mass is 392 g/mol. The number of sulfonamides is 1. The second-order valence-corrected chi connectivity index (χ2v) is 9.49. The highest BCUT2D eigenvalue weighted by Gasteiger charge is 2.29. The summed E-state index contributed by atoms with van der Waals surface area (Å²) in [4.78, 5) is 12.4. The smallest absolute Gasteiger partial charge is 0.227 e. The van der Waals surface area contributed by atoms with Crippen molar-refractivity contribution in [1.29, 1.82) is 0 Å². The van der Waals surface area contributed by atoms with Crippen LogP contribution in [0.5, 0.6) is 0 Å². The summed E-state index contributed by atoms with van der Waals surface area (Å²) in [7, 11) is -3.27. The Morgan fingerprint density at radius 1 is 1.17 bits per heavy atom. The molecule has 1 saturated carbocycles. The molecule has 1 fully saturated rings. The third-order valence-corrected chi connectivity index (χ3v) is 6.69. The van der Waals surface area contributed by atoms with Crippen LogP contribution < -0.4 is 10.0 Å². The standard InChI is InChI=1S/C16H22Cl2N2O3S/c1-10(2)24(22,23)20-13-6-3-11(4-7-13)16(21)19-15-8-5-12(17)9-14(15)18/h5,8-11,13,20H,3-4,6-7H2,1-2H3,(H,19,21)/t11-,13-. The Morgan fingerprint density at radius 3 is 2.33 bits per heavy atom. The second-order valence-electron chi connectivity index (χ2n) is 6.37. The number of carbonyl (C=O) groups is 1. The number of hydrogen-bond donors (Lipinski definition) is 2. The van der Waals surface area contributed by atoms with Crippen LogP contribution in [-0.2, 0) is 14.8 Å². The molecule has 24 heavy (non-hydrogen) atoms. The number of anilines is 1. The van der Waals surface area contributed by atoms with Crippen molar-refractivity contribution in [3.8, 4) is 0 Å². The summed E-state index contributed by atoms with van der Waals surface area (Å²) in [5, 5.41) is 3.27. The summed E-state index contributed by atoms with van der Waals surface area (Å²) in [6.07, 6.45) is 2.58. The topological polar surface area (TPSA) is 75.3 Å². The van der Waals surface area contributed by atoms with Crippen LogP contribution in [-0.4, -0.2) is 25.6 Å². The van der Waals surface area contributed by atoms with E-state index in [0.29, 0.717) is 41.4 Å². The lowest BCUT2D eigenvalue weighted by Gasteiger charge is -2.28. The Kier molecular flexibility index (Phi) is 6.53. The van der Waals surface area contributed by atoms with Crippen LogP contribution in [0.2, 0.25) is 10.0 Å². The Balaban J connectivity index is 1.89. The van der Waals surface area contributed by atoms with Crippen molar-refractivity contribution >= 4 is 44.8 Å². The molecule has 0 radical (unpaired) electrons. The van der Waals surface area contributed by atoms with Crippen molar-refractivity contribution < 1.29 is 13.2 Å². The largest absolute Gasteiger partial charge is 0.325 e. The van der Waals surface area contributed by atoms with Gasteiger partial charge in [-0.2, -0.15) is 0 Å². The van der Waals surface area contributed by atoms with Crippen LogP contribution in [0.1, 0.15) is 39.5 Å². The summed E-state index contributed by atoms with van der Waals surface area (Å²) in [5.74, 6) is -0.235. The van der Waals surface area contributed by atoms with Gasteiger partial charge in [0.25, 0.3) is 0 Å². The molecule has 1 aromatic rings. The number of carbonyl (C=O) groups excluding carboxylic acids is 1. The SMILES string of the molecule is CC(C)S(=O)(=O)N[C@H]1CC[C@H](C(=O)Nc2ccc(Cl)cc2Cl)CC1. The summed E-state index contributed by atoms with van der Waals surface area (Å²) >= 11 is 11.9. The fourth-order valence-electron chi connectivity index (χ4n) is 2.67. The van der Waals surface area contributed by atoms with E-state index in [9.17, 15) is 13.2 Å². The minimum atomic E-state index is -3.27. The third-order valence-electron chi connectivity index (χ3n) is 4.24. The predicted octanol–water partition coefficient (Wildman–Crippen LogP) is 3.82. The number of rotatable bonds is 5. The van der Waals surface area contributed by atoms with Crippen LogP contribution in [0.4, 0.5) is 5.69 Å². The molecule has 5 nitrogen and oxygen atoms in total. The van der Waals surface area contributed by atoms with E-state index >= 15 is 0 Å². The first kappa shape index (κ1) is 19.5. The molecule has 0 heterocycles. The van der Waals surface area contributed by atoms with Gasteiger partial charge in [-0.25, -0.2) is 13.1 Å². The van der Waals surface area contributed by atoms with E-state index in [-0.39, 0.29) is 17.9 Å². The molecule has 1 aliphatic rings. The number of nitrogens with one attached hydrogen (secondary N) is 2. The van der Waals surface area contributed by atoms with Gasteiger partial charge in [-0.15, -0.1) is 0 Å². The van der Waals surface area contributed by atoms with E-state index in [2.05, 4.69) is 10.0 Å². The average molecular weight is 393 g/mol. The van der Waals surface area contributed by atoms with Crippen LogP contribution in [0, 0.1) is 5.92 Å². The van der Waals surface area contributed by atoms with Crippen molar-refractivity contribution in [2.45, 2.75) is 50.8 Å². The van der Waals surface area contributed by atoms with Gasteiger partial charge >= 0.3 is 0 Å². The number of halogens is 2. The van der Waals surface area contributed by atoms with E-state index in [0.717, 1.165) is 0 Å². The fraction of sp³-hybridized carbons (Fsp3) is 0.562. The quantitative estimate of drug-likeness (QED) is 0.799. The highest BCUT2D eigenvalue weighted by molar-refractivity contribution is 7.90. The lowest BCUT2D eigenvalue weighted by atomic mass is 9.86. The molecular weight excluding hydrogens is 371 g/mol. The van der Waals surface area contributed by atoms with Crippen LogP contribution in [0.15, 0.2) is 18.2 Å². The summed E-state index contributed by atoms with van der Waals surface area (Å²) in [5.41, 5.74) is 0.536. The van der Waals surface area contributed by atoms with Crippen molar-refractivity contribution in [2.75, 3.05) is 5.32 Å². The van der Waals surface area contributed by atoms with Crippen molar-refractivity contribution in [3.63, 3.8) is 0 Å². The Bertz CT molecular complexity index is 699. The van der Waals surface area contributed by atoms with Crippen LogP contribution in [0.3, 0.4) is 0 Å². The summed E-state index contributed by atoms with van der Waals surface area (Å²) < 4.78 is 26.5. The van der Waals surface area contributed by atoms with Gasteiger partial charge in [0.1, 0.15) is 0 Å². The molecule has 0 spiro atoms. The first-order valence-electron chi connectivity index (χ1n) is 7.96. The maximum atomic E-state index is 12.4. The molecule has 0 aromatic heterocycles. The zero-order valence-electron chi connectivity index (χ0n) is 13.7. The van der Waals surface area contributed by atoms with Crippen LogP contribution in [0.25, 0.3) is 0 Å². The van der Waals surface area contributed by atoms with E-state index in [4.69, 9.17) is 23.2 Å². The molecule has 2 N–H and O–H groups in total. The predicted molar refractivity (Wildman–Crippen MR) is 98.0 cm³/mol. The summed E-state index contributed by atoms with van der Waals surface area (Å²) in [6.45, 7) is 3.30. The number of benzene rings is 1. The van der Waals surface area contributed by atoms with E-state index < -0.39 is 15.3 Å². The van der Waals surface area contributed by atoms with Crippen LogP contribution >= 0.6 is 23.2 Å². The Labute approximate surface area is 153 Å². The van der Waals surface area contributed by atoms with Gasteiger partial charge in [-0.05, 0) is 57.7 Å². The molecule has 1 amide bonds. The molecule has 2 rings (SSSR count). The highest BCUT2D eigenvalue weighted by atomic mass is 35.5. The number of amides is 1. The molecule has 134 valence electrons. The Hall–Kier alpha value is -0.820. The average Bonchev–Trinajstić information content (AvgIpc) is 2.50. The van der Waals surface area contributed by atoms with Gasteiger partial charge in [0.2, 0.25) is 15.9 Å². The molecule has 1 aliphatic carbocycles. The zero-order valence-corrected chi connectivity index (χ0v) is 16.0. The molecule has 0 saturated heterocycles. The maximum Gasteiger partial charge on any atom is 0.227 e. The second kappa shape index (κ2) is 8.04. The third kappa shape index (κ3) is 5.09. The van der Waals surface area contributed by atoms with Gasteiger partial charge in [-0.3, -0.25) is 4.79 Å². The molecule has 0 atom stereocenters. The molecular formula is C16H22Cl2N2O3S. The normalized spacial score (nSPS) is 21.7. The lowest BCUT2D eigenvalue weighted by molar-refractivity contribution is -0.120. The van der Waals surface area contributed by atoms with Gasteiger partial charge in [0, 0.05) is 17.0 Å². The first-order chi connectivity index (χ1) is 11.2. The first-order valence-corrected chi connectivity index (χ1v) is 10.3.